The van der Waals surface area contributed by atoms with Gasteiger partial charge in [0.15, 0.2) is 10.3 Å². The molecular weight excluding hydrogens is 436 g/mol. The number of thiazole rings is 1. The normalized spacial score (nSPS) is 13.4. The molecule has 0 bridgehead atoms. The van der Waals surface area contributed by atoms with Crippen molar-refractivity contribution in [3.63, 3.8) is 0 Å². The number of carbonyl (C=O) groups is 1. The number of rotatable bonds is 7. The molecule has 158 valence electrons. The van der Waals surface area contributed by atoms with Gasteiger partial charge in [0, 0.05) is 36.0 Å². The number of thiophene rings is 1. The molecule has 0 N–H and O–H groups in total. The van der Waals surface area contributed by atoms with Gasteiger partial charge in [-0.15, -0.1) is 29.3 Å². The Balaban J connectivity index is 1.65. The average molecular weight is 461 g/mol. The van der Waals surface area contributed by atoms with Crippen molar-refractivity contribution in [1.82, 2.24) is 14.5 Å². The molecule has 0 radical (unpaired) electrons. The molecule has 3 aromatic rings. The van der Waals surface area contributed by atoms with Crippen LogP contribution >= 0.6 is 34.4 Å². The lowest BCUT2D eigenvalue weighted by Crippen LogP contribution is -2.27. The predicted molar refractivity (Wildman–Crippen MR) is 126 cm³/mol. The van der Waals surface area contributed by atoms with Crippen molar-refractivity contribution in [2.75, 3.05) is 11.4 Å². The fourth-order valence-corrected chi connectivity index (χ4v) is 6.98. The minimum Gasteiger partial charge on any atom is -0.289 e. The van der Waals surface area contributed by atoms with E-state index in [0.717, 1.165) is 35.2 Å². The van der Waals surface area contributed by atoms with E-state index in [0.29, 0.717) is 29.1 Å². The standard InChI is InChI=1S/C21H24N4O2S3/c1-4-10-25-19(27)17-15-8-6-7-9-16(15)30-18(17)23-21(25)29-12-14-11-28-20(22-14)24(5-2)13(3)26/h4,11H,1,5-10,12H2,2-3H3. The molecule has 3 heterocycles. The molecule has 0 unspecified atom stereocenters. The van der Waals surface area contributed by atoms with Crippen molar-refractivity contribution >= 4 is 55.7 Å². The fourth-order valence-electron chi connectivity index (χ4n) is 3.74. The summed E-state index contributed by atoms with van der Waals surface area (Å²) in [5.41, 5.74) is 2.13. The number of anilines is 1. The highest BCUT2D eigenvalue weighted by molar-refractivity contribution is 7.98. The van der Waals surface area contributed by atoms with Crippen molar-refractivity contribution in [3.05, 3.63) is 44.5 Å². The summed E-state index contributed by atoms with van der Waals surface area (Å²) >= 11 is 4.64. The highest BCUT2D eigenvalue weighted by Crippen LogP contribution is 2.35. The van der Waals surface area contributed by atoms with Gasteiger partial charge in [-0.1, -0.05) is 17.8 Å². The first-order valence-electron chi connectivity index (χ1n) is 10.0. The number of thioether (sulfide) groups is 1. The zero-order chi connectivity index (χ0) is 21.3. The van der Waals surface area contributed by atoms with Crippen LogP contribution in [-0.4, -0.2) is 27.0 Å². The molecular formula is C21H24N4O2S3. The minimum absolute atomic E-state index is 0.0142. The Bertz CT molecular complexity index is 1160. The van der Waals surface area contributed by atoms with Crippen LogP contribution in [0.5, 0.6) is 0 Å². The highest BCUT2D eigenvalue weighted by atomic mass is 32.2. The van der Waals surface area contributed by atoms with Gasteiger partial charge in [0.1, 0.15) is 4.83 Å². The van der Waals surface area contributed by atoms with Crippen LogP contribution in [0.4, 0.5) is 5.13 Å². The molecule has 1 aliphatic rings. The quantitative estimate of drug-likeness (QED) is 0.292. The lowest BCUT2D eigenvalue weighted by atomic mass is 9.97. The number of carbonyl (C=O) groups excluding carboxylic acids is 1. The topological polar surface area (TPSA) is 68.1 Å². The lowest BCUT2D eigenvalue weighted by molar-refractivity contribution is -0.116. The van der Waals surface area contributed by atoms with Crippen molar-refractivity contribution in [2.24, 2.45) is 0 Å². The van der Waals surface area contributed by atoms with E-state index in [-0.39, 0.29) is 11.5 Å². The summed E-state index contributed by atoms with van der Waals surface area (Å²) in [7, 11) is 0. The molecule has 0 fully saturated rings. The Morgan fingerprint density at radius 2 is 2.17 bits per heavy atom. The van der Waals surface area contributed by atoms with Crippen LogP contribution in [-0.2, 0) is 29.9 Å². The number of aromatic nitrogens is 3. The minimum atomic E-state index is -0.0142. The predicted octanol–water partition coefficient (Wildman–Crippen LogP) is 4.64. The van der Waals surface area contributed by atoms with Gasteiger partial charge in [0.25, 0.3) is 5.56 Å². The molecule has 0 aliphatic heterocycles. The number of aryl methyl sites for hydroxylation is 2. The second-order valence-corrected chi connectivity index (χ2v) is 10.0. The van der Waals surface area contributed by atoms with E-state index >= 15 is 0 Å². The molecule has 0 spiro atoms. The van der Waals surface area contributed by atoms with Gasteiger partial charge in [-0.3, -0.25) is 19.1 Å². The van der Waals surface area contributed by atoms with E-state index in [1.807, 2.05) is 12.3 Å². The van der Waals surface area contributed by atoms with Gasteiger partial charge in [0.2, 0.25) is 5.91 Å². The molecule has 3 aromatic heterocycles. The zero-order valence-electron chi connectivity index (χ0n) is 17.1. The molecule has 0 saturated carbocycles. The molecule has 9 heteroatoms. The third-order valence-electron chi connectivity index (χ3n) is 5.17. The Morgan fingerprint density at radius 3 is 2.90 bits per heavy atom. The molecule has 4 rings (SSSR count). The Hall–Kier alpha value is -1.97. The second kappa shape index (κ2) is 9.03. The van der Waals surface area contributed by atoms with Crippen LogP contribution in [0.1, 0.15) is 42.8 Å². The Kier molecular flexibility index (Phi) is 6.40. The summed E-state index contributed by atoms with van der Waals surface area (Å²) in [6.07, 6.45) is 6.08. The summed E-state index contributed by atoms with van der Waals surface area (Å²) in [6, 6.07) is 0. The number of fused-ring (bicyclic) bond motifs is 3. The molecule has 0 aromatic carbocycles. The number of hydrogen-bond acceptors (Lipinski definition) is 7. The maximum atomic E-state index is 13.3. The largest absolute Gasteiger partial charge is 0.289 e. The Morgan fingerprint density at radius 1 is 1.37 bits per heavy atom. The van der Waals surface area contributed by atoms with E-state index in [1.54, 1.807) is 33.8 Å². The van der Waals surface area contributed by atoms with E-state index < -0.39 is 0 Å². The first-order chi connectivity index (χ1) is 14.5. The summed E-state index contributed by atoms with van der Waals surface area (Å²) in [5, 5.41) is 4.17. The van der Waals surface area contributed by atoms with E-state index in [1.165, 1.54) is 40.0 Å². The average Bonchev–Trinajstić information content (AvgIpc) is 3.33. The van der Waals surface area contributed by atoms with Crippen molar-refractivity contribution in [3.8, 4) is 0 Å². The molecule has 6 nitrogen and oxygen atoms in total. The van der Waals surface area contributed by atoms with E-state index in [4.69, 9.17) is 4.98 Å². The molecule has 1 aliphatic carbocycles. The SMILES string of the molecule is C=CCn1c(SCc2csc(N(CC)C(C)=O)n2)nc2sc3c(c2c1=O)CCCC3. The fraction of sp³-hybridized carbons (Fsp3) is 0.429. The first-order valence-corrected chi connectivity index (χ1v) is 12.7. The van der Waals surface area contributed by atoms with Gasteiger partial charge >= 0.3 is 0 Å². The molecule has 30 heavy (non-hydrogen) atoms. The van der Waals surface area contributed by atoms with Crippen molar-refractivity contribution < 1.29 is 4.79 Å². The molecule has 1 amide bonds. The van der Waals surface area contributed by atoms with Gasteiger partial charge in [0.05, 0.1) is 11.1 Å². The summed E-state index contributed by atoms with van der Waals surface area (Å²) in [4.78, 5) is 38.4. The van der Waals surface area contributed by atoms with Crippen molar-refractivity contribution in [2.45, 2.75) is 57.0 Å². The molecule has 0 atom stereocenters. The smallest absolute Gasteiger partial charge is 0.263 e. The van der Waals surface area contributed by atoms with Crippen LogP contribution < -0.4 is 10.5 Å². The van der Waals surface area contributed by atoms with Gasteiger partial charge in [-0.05, 0) is 38.2 Å². The lowest BCUT2D eigenvalue weighted by Gasteiger charge is -2.14. The number of amides is 1. The number of nitrogens with zero attached hydrogens (tertiary/aromatic N) is 4. The van der Waals surface area contributed by atoms with Crippen LogP contribution in [0, 0.1) is 0 Å². The highest BCUT2D eigenvalue weighted by Gasteiger charge is 2.22. The maximum Gasteiger partial charge on any atom is 0.263 e. The van der Waals surface area contributed by atoms with Crippen molar-refractivity contribution in [1.29, 1.82) is 0 Å². The van der Waals surface area contributed by atoms with Gasteiger partial charge in [-0.25, -0.2) is 9.97 Å². The summed E-state index contributed by atoms with van der Waals surface area (Å²) in [5.74, 6) is 0.575. The van der Waals surface area contributed by atoms with Crippen LogP contribution in [0.25, 0.3) is 10.2 Å². The maximum absolute atomic E-state index is 13.3. The third kappa shape index (κ3) is 3.98. The van der Waals surface area contributed by atoms with E-state index in [9.17, 15) is 9.59 Å². The Labute approximate surface area is 187 Å². The molecule has 0 saturated heterocycles. The van der Waals surface area contributed by atoms with Gasteiger partial charge < -0.3 is 0 Å². The monoisotopic (exact) mass is 460 g/mol. The first kappa shape index (κ1) is 21.3. The van der Waals surface area contributed by atoms with Crippen LogP contribution in [0.15, 0.2) is 28.0 Å². The summed E-state index contributed by atoms with van der Waals surface area (Å²) < 4.78 is 1.73. The third-order valence-corrected chi connectivity index (χ3v) is 8.28. The van der Waals surface area contributed by atoms with Crippen LogP contribution in [0.2, 0.25) is 0 Å². The number of allylic oxidation sites excluding steroid dienone is 1. The number of hydrogen-bond donors (Lipinski definition) is 0. The van der Waals surface area contributed by atoms with E-state index in [2.05, 4.69) is 11.6 Å². The summed E-state index contributed by atoms with van der Waals surface area (Å²) in [6.45, 7) is 8.33. The zero-order valence-corrected chi connectivity index (χ0v) is 19.6. The van der Waals surface area contributed by atoms with Gasteiger partial charge in [-0.2, -0.15) is 0 Å². The van der Waals surface area contributed by atoms with Crippen LogP contribution in [0.3, 0.4) is 0 Å². The second-order valence-electron chi connectivity index (χ2n) is 7.16.